The molecule has 1 aliphatic rings. The molecule has 1 fully saturated rings. The van der Waals surface area contributed by atoms with Gasteiger partial charge in [-0.2, -0.15) is 0 Å². The van der Waals surface area contributed by atoms with E-state index >= 15 is 0 Å². The highest BCUT2D eigenvalue weighted by atomic mass is 16.6. The van der Waals surface area contributed by atoms with E-state index in [1.807, 2.05) is 12.1 Å². The van der Waals surface area contributed by atoms with Crippen LogP contribution in [0, 0.1) is 0 Å². The van der Waals surface area contributed by atoms with E-state index in [1.54, 1.807) is 0 Å². The minimum absolute atomic E-state index is 0.333. The first-order chi connectivity index (χ1) is 6.75. The Bertz CT molecular complexity index is 286. The van der Waals surface area contributed by atoms with Crippen LogP contribution in [-0.2, 0) is 4.74 Å². The average molecular weight is 192 g/mol. The second kappa shape index (κ2) is 4.01. The molecule has 2 heteroatoms. The summed E-state index contributed by atoms with van der Waals surface area (Å²) < 4.78 is 10.6. The zero-order valence-electron chi connectivity index (χ0n) is 8.69. The van der Waals surface area contributed by atoms with Crippen molar-refractivity contribution >= 4 is 0 Å². The third kappa shape index (κ3) is 2.48. The minimum Gasteiger partial charge on any atom is -0.491 e. The molecule has 1 aliphatic heterocycles. The molecule has 2 nitrogen and oxygen atoms in total. The van der Waals surface area contributed by atoms with Crippen molar-refractivity contribution in [3.05, 3.63) is 29.8 Å². The summed E-state index contributed by atoms with van der Waals surface area (Å²) in [6.45, 7) is 5.91. The summed E-state index contributed by atoms with van der Waals surface area (Å²) in [6, 6.07) is 8.29. The summed E-state index contributed by atoms with van der Waals surface area (Å²) in [7, 11) is 0. The Balaban J connectivity index is 1.91. The number of rotatable bonds is 4. The van der Waals surface area contributed by atoms with Crippen LogP contribution in [0.2, 0.25) is 0 Å². The molecule has 0 radical (unpaired) electrons. The Morgan fingerprint density at radius 1 is 1.36 bits per heavy atom. The predicted molar refractivity (Wildman–Crippen MR) is 55.8 cm³/mol. The first-order valence-electron chi connectivity index (χ1n) is 5.10. The van der Waals surface area contributed by atoms with Crippen LogP contribution in [-0.4, -0.2) is 19.3 Å². The molecule has 14 heavy (non-hydrogen) atoms. The fourth-order valence-electron chi connectivity index (χ4n) is 1.30. The first kappa shape index (κ1) is 9.53. The van der Waals surface area contributed by atoms with Crippen molar-refractivity contribution in [3.8, 4) is 5.75 Å². The topological polar surface area (TPSA) is 21.8 Å². The standard InChI is InChI=1S/C12H16O2/c1-9(2)10-3-5-11(6-4-10)13-7-12-8-14-12/h3-6,9,12H,7-8H2,1-2H3/t12-/m1/s1. The van der Waals surface area contributed by atoms with E-state index in [0.717, 1.165) is 12.4 Å². The maximum Gasteiger partial charge on any atom is 0.119 e. The maximum atomic E-state index is 5.54. The normalized spacial score (nSPS) is 19.8. The fourth-order valence-corrected chi connectivity index (χ4v) is 1.30. The lowest BCUT2D eigenvalue weighted by molar-refractivity contribution is 0.263. The second-order valence-corrected chi connectivity index (χ2v) is 3.99. The van der Waals surface area contributed by atoms with Crippen LogP contribution in [0.5, 0.6) is 5.75 Å². The van der Waals surface area contributed by atoms with Gasteiger partial charge in [-0.05, 0) is 23.6 Å². The van der Waals surface area contributed by atoms with Crippen molar-refractivity contribution in [2.45, 2.75) is 25.9 Å². The van der Waals surface area contributed by atoms with E-state index in [2.05, 4.69) is 26.0 Å². The van der Waals surface area contributed by atoms with Crippen LogP contribution < -0.4 is 4.74 Å². The lowest BCUT2D eigenvalue weighted by atomic mass is 10.0. The van der Waals surface area contributed by atoms with Gasteiger partial charge in [-0.15, -0.1) is 0 Å². The summed E-state index contributed by atoms with van der Waals surface area (Å²) in [5, 5.41) is 0. The van der Waals surface area contributed by atoms with E-state index in [9.17, 15) is 0 Å². The van der Waals surface area contributed by atoms with Gasteiger partial charge in [-0.1, -0.05) is 26.0 Å². The van der Waals surface area contributed by atoms with Gasteiger partial charge >= 0.3 is 0 Å². The van der Waals surface area contributed by atoms with Crippen LogP contribution in [0.25, 0.3) is 0 Å². The lowest BCUT2D eigenvalue weighted by Crippen LogP contribution is -2.03. The largest absolute Gasteiger partial charge is 0.491 e. The van der Waals surface area contributed by atoms with Crippen LogP contribution in [0.3, 0.4) is 0 Å². The molecular weight excluding hydrogens is 176 g/mol. The summed E-state index contributed by atoms with van der Waals surface area (Å²) in [5.41, 5.74) is 1.35. The number of ether oxygens (including phenoxy) is 2. The van der Waals surface area contributed by atoms with Crippen LogP contribution in [0.1, 0.15) is 25.3 Å². The molecule has 0 bridgehead atoms. The van der Waals surface area contributed by atoms with Gasteiger partial charge < -0.3 is 9.47 Å². The van der Waals surface area contributed by atoms with Gasteiger partial charge in [0, 0.05) is 0 Å². The molecule has 0 aromatic heterocycles. The molecule has 1 aromatic rings. The molecule has 0 aliphatic carbocycles. The van der Waals surface area contributed by atoms with E-state index in [4.69, 9.17) is 9.47 Å². The Morgan fingerprint density at radius 3 is 2.50 bits per heavy atom. The molecule has 0 saturated carbocycles. The monoisotopic (exact) mass is 192 g/mol. The van der Waals surface area contributed by atoms with Crippen molar-refractivity contribution in [2.24, 2.45) is 0 Å². The number of hydrogen-bond donors (Lipinski definition) is 0. The molecule has 0 N–H and O–H groups in total. The molecule has 1 heterocycles. The van der Waals surface area contributed by atoms with Gasteiger partial charge in [0.1, 0.15) is 18.5 Å². The zero-order valence-corrected chi connectivity index (χ0v) is 8.69. The third-order valence-electron chi connectivity index (χ3n) is 2.39. The second-order valence-electron chi connectivity index (χ2n) is 3.99. The van der Waals surface area contributed by atoms with Gasteiger partial charge in [0.05, 0.1) is 6.61 Å². The molecule has 0 unspecified atom stereocenters. The Hall–Kier alpha value is -1.02. The highest BCUT2D eigenvalue weighted by Gasteiger charge is 2.22. The Kier molecular flexibility index (Phi) is 2.73. The number of benzene rings is 1. The average Bonchev–Trinajstić information content (AvgIpc) is 2.99. The van der Waals surface area contributed by atoms with Gasteiger partial charge in [-0.3, -0.25) is 0 Å². The summed E-state index contributed by atoms with van der Waals surface area (Å²) in [5.74, 6) is 1.51. The van der Waals surface area contributed by atoms with Crippen LogP contribution >= 0.6 is 0 Å². The zero-order chi connectivity index (χ0) is 9.97. The number of epoxide rings is 1. The predicted octanol–water partition coefficient (Wildman–Crippen LogP) is 2.59. The van der Waals surface area contributed by atoms with Gasteiger partial charge in [0.15, 0.2) is 0 Å². The molecule has 1 atom stereocenters. The molecule has 0 amide bonds. The number of hydrogen-bond acceptors (Lipinski definition) is 2. The fraction of sp³-hybridized carbons (Fsp3) is 0.500. The Labute approximate surface area is 84.8 Å². The van der Waals surface area contributed by atoms with Gasteiger partial charge in [0.2, 0.25) is 0 Å². The molecule has 2 rings (SSSR count). The first-order valence-corrected chi connectivity index (χ1v) is 5.10. The van der Waals surface area contributed by atoms with Gasteiger partial charge in [0.25, 0.3) is 0 Å². The van der Waals surface area contributed by atoms with Crippen molar-refractivity contribution in [1.29, 1.82) is 0 Å². The van der Waals surface area contributed by atoms with Crippen molar-refractivity contribution in [3.63, 3.8) is 0 Å². The highest BCUT2D eigenvalue weighted by Crippen LogP contribution is 2.19. The van der Waals surface area contributed by atoms with E-state index in [1.165, 1.54) is 5.56 Å². The van der Waals surface area contributed by atoms with Crippen molar-refractivity contribution < 1.29 is 9.47 Å². The molecule has 1 saturated heterocycles. The van der Waals surface area contributed by atoms with E-state index in [0.29, 0.717) is 18.6 Å². The molecule has 1 aromatic carbocycles. The molecule has 76 valence electrons. The molecule has 0 spiro atoms. The van der Waals surface area contributed by atoms with Gasteiger partial charge in [-0.25, -0.2) is 0 Å². The van der Waals surface area contributed by atoms with Crippen LogP contribution in [0.15, 0.2) is 24.3 Å². The highest BCUT2D eigenvalue weighted by molar-refractivity contribution is 5.28. The summed E-state index contributed by atoms with van der Waals surface area (Å²) >= 11 is 0. The summed E-state index contributed by atoms with van der Waals surface area (Å²) in [6.07, 6.45) is 0.333. The quantitative estimate of drug-likeness (QED) is 0.684. The smallest absolute Gasteiger partial charge is 0.119 e. The maximum absolute atomic E-state index is 5.54. The van der Waals surface area contributed by atoms with Crippen molar-refractivity contribution in [2.75, 3.05) is 13.2 Å². The van der Waals surface area contributed by atoms with E-state index < -0.39 is 0 Å². The van der Waals surface area contributed by atoms with Crippen molar-refractivity contribution in [1.82, 2.24) is 0 Å². The third-order valence-corrected chi connectivity index (χ3v) is 2.39. The Morgan fingerprint density at radius 2 is 2.00 bits per heavy atom. The lowest BCUT2D eigenvalue weighted by Gasteiger charge is -2.07. The SMILES string of the molecule is CC(C)c1ccc(OC[C@@H]2CO2)cc1. The summed E-state index contributed by atoms with van der Waals surface area (Å²) in [4.78, 5) is 0. The minimum atomic E-state index is 0.333. The van der Waals surface area contributed by atoms with E-state index in [-0.39, 0.29) is 0 Å². The van der Waals surface area contributed by atoms with Crippen LogP contribution in [0.4, 0.5) is 0 Å². The molecular formula is C12H16O2.